The SMILES string of the molecule is Cl.Cl.O=C(NC1C2CC3CC(C2)CC1C3)c1onc(OCCN2CCNCC2)c1Sc1ccccc1. The quantitative estimate of drug-likeness (QED) is 0.497. The molecular weight excluding hydrogens is 519 g/mol. The molecule has 10 heteroatoms. The number of benzene rings is 1. The summed E-state index contributed by atoms with van der Waals surface area (Å²) in [5.74, 6) is 3.52. The van der Waals surface area contributed by atoms with E-state index in [4.69, 9.17) is 9.26 Å². The molecule has 1 amide bonds. The fraction of sp³-hybridized carbons (Fsp3) is 0.615. The van der Waals surface area contributed by atoms with E-state index in [0.717, 1.165) is 49.5 Å². The van der Waals surface area contributed by atoms with E-state index >= 15 is 0 Å². The molecule has 0 spiro atoms. The van der Waals surface area contributed by atoms with Gasteiger partial charge in [-0.15, -0.1) is 24.8 Å². The van der Waals surface area contributed by atoms with E-state index in [-0.39, 0.29) is 42.5 Å². The van der Waals surface area contributed by atoms with E-state index in [9.17, 15) is 4.79 Å². The van der Waals surface area contributed by atoms with Crippen molar-refractivity contribution >= 4 is 42.5 Å². The van der Waals surface area contributed by atoms with Gasteiger partial charge < -0.3 is 19.9 Å². The lowest BCUT2D eigenvalue weighted by Crippen LogP contribution is -2.55. The number of hydrogen-bond acceptors (Lipinski definition) is 7. The highest BCUT2D eigenvalue weighted by Crippen LogP contribution is 2.53. The Morgan fingerprint density at radius 3 is 2.39 bits per heavy atom. The van der Waals surface area contributed by atoms with Crippen LogP contribution in [0.25, 0.3) is 0 Å². The summed E-state index contributed by atoms with van der Waals surface area (Å²) in [6.07, 6.45) is 6.46. The van der Waals surface area contributed by atoms with Gasteiger partial charge in [-0.05, 0) is 73.1 Å². The van der Waals surface area contributed by atoms with Crippen molar-refractivity contribution in [3.8, 4) is 5.88 Å². The highest BCUT2D eigenvalue weighted by atomic mass is 35.5. The fourth-order valence-electron chi connectivity index (χ4n) is 6.78. The summed E-state index contributed by atoms with van der Waals surface area (Å²) in [4.78, 5) is 17.5. The molecule has 1 aromatic carbocycles. The van der Waals surface area contributed by atoms with Gasteiger partial charge in [0.2, 0.25) is 5.76 Å². The van der Waals surface area contributed by atoms with Crippen LogP contribution >= 0.6 is 36.6 Å². The molecule has 0 atom stereocenters. The van der Waals surface area contributed by atoms with Gasteiger partial charge in [0.1, 0.15) is 11.5 Å². The molecule has 1 aromatic heterocycles. The molecule has 36 heavy (non-hydrogen) atoms. The maximum atomic E-state index is 13.5. The molecule has 7 nitrogen and oxygen atoms in total. The van der Waals surface area contributed by atoms with Crippen molar-refractivity contribution in [2.75, 3.05) is 39.3 Å². The summed E-state index contributed by atoms with van der Waals surface area (Å²) < 4.78 is 11.7. The van der Waals surface area contributed by atoms with E-state index < -0.39 is 0 Å². The van der Waals surface area contributed by atoms with E-state index in [1.165, 1.54) is 43.9 Å². The van der Waals surface area contributed by atoms with Crippen molar-refractivity contribution in [2.45, 2.75) is 47.9 Å². The molecule has 4 saturated carbocycles. The van der Waals surface area contributed by atoms with Crippen molar-refractivity contribution < 1.29 is 14.1 Å². The highest BCUT2D eigenvalue weighted by Gasteiger charge is 2.49. The number of carbonyl (C=O) groups is 1. The molecule has 4 bridgehead atoms. The van der Waals surface area contributed by atoms with Crippen LogP contribution in [0.5, 0.6) is 5.88 Å². The second kappa shape index (κ2) is 12.4. The minimum atomic E-state index is -0.152. The number of halogens is 2. The second-order valence-corrected chi connectivity index (χ2v) is 11.5. The molecule has 5 aliphatic rings. The number of amides is 1. The predicted octanol–water partition coefficient (Wildman–Crippen LogP) is 4.51. The Bertz CT molecular complexity index is 974. The number of aromatic nitrogens is 1. The summed E-state index contributed by atoms with van der Waals surface area (Å²) in [5, 5.41) is 10.9. The summed E-state index contributed by atoms with van der Waals surface area (Å²) >= 11 is 1.49. The lowest BCUT2D eigenvalue weighted by molar-refractivity contribution is -0.0124. The van der Waals surface area contributed by atoms with Crippen LogP contribution in [0.1, 0.15) is 42.7 Å². The summed E-state index contributed by atoms with van der Waals surface area (Å²) in [5.41, 5.74) is 0. The van der Waals surface area contributed by atoms with Crippen LogP contribution in [0.3, 0.4) is 0 Å². The lowest BCUT2D eigenvalue weighted by atomic mass is 9.54. The topological polar surface area (TPSA) is 79.6 Å². The van der Waals surface area contributed by atoms with Crippen LogP contribution in [0, 0.1) is 23.7 Å². The van der Waals surface area contributed by atoms with Crippen molar-refractivity contribution in [2.24, 2.45) is 23.7 Å². The van der Waals surface area contributed by atoms with Gasteiger partial charge in [-0.2, -0.15) is 0 Å². The molecule has 1 saturated heterocycles. The molecule has 0 radical (unpaired) electrons. The highest BCUT2D eigenvalue weighted by molar-refractivity contribution is 7.99. The number of carbonyl (C=O) groups excluding carboxylic acids is 1. The number of hydrogen-bond donors (Lipinski definition) is 2. The summed E-state index contributed by atoms with van der Waals surface area (Å²) in [7, 11) is 0. The zero-order chi connectivity index (χ0) is 22.9. The predicted molar refractivity (Wildman–Crippen MR) is 145 cm³/mol. The number of nitrogens with one attached hydrogen (secondary N) is 2. The first-order chi connectivity index (χ1) is 16.7. The van der Waals surface area contributed by atoms with Gasteiger partial charge in [0.15, 0.2) is 0 Å². The van der Waals surface area contributed by atoms with E-state index in [2.05, 4.69) is 20.7 Å². The monoisotopic (exact) mass is 554 g/mol. The van der Waals surface area contributed by atoms with Crippen LogP contribution in [-0.2, 0) is 0 Å². The zero-order valence-corrected chi connectivity index (χ0v) is 22.8. The largest absolute Gasteiger partial charge is 0.473 e. The average molecular weight is 556 g/mol. The number of rotatable bonds is 8. The van der Waals surface area contributed by atoms with Crippen molar-refractivity contribution in [3.63, 3.8) is 0 Å². The van der Waals surface area contributed by atoms with Crippen molar-refractivity contribution in [1.29, 1.82) is 0 Å². The van der Waals surface area contributed by atoms with Gasteiger partial charge in [-0.25, -0.2) is 0 Å². The summed E-state index contributed by atoms with van der Waals surface area (Å²) in [6, 6.07) is 10.3. The third kappa shape index (κ3) is 5.99. The van der Waals surface area contributed by atoms with Crippen LogP contribution in [0.4, 0.5) is 0 Å². The minimum Gasteiger partial charge on any atom is -0.473 e. The zero-order valence-electron chi connectivity index (χ0n) is 20.4. The van der Waals surface area contributed by atoms with Gasteiger partial charge in [0, 0.05) is 43.7 Å². The second-order valence-electron chi connectivity index (χ2n) is 10.4. The summed E-state index contributed by atoms with van der Waals surface area (Å²) in [6.45, 7) is 5.41. The van der Waals surface area contributed by atoms with Crippen LogP contribution in [-0.4, -0.2) is 61.3 Å². The van der Waals surface area contributed by atoms with Crippen LogP contribution < -0.4 is 15.4 Å². The minimum absolute atomic E-state index is 0. The molecule has 198 valence electrons. The maximum absolute atomic E-state index is 13.5. The van der Waals surface area contributed by atoms with Gasteiger partial charge in [0.25, 0.3) is 11.8 Å². The molecule has 5 fully saturated rings. The molecule has 2 N–H and O–H groups in total. The van der Waals surface area contributed by atoms with Gasteiger partial charge >= 0.3 is 0 Å². The first-order valence-electron chi connectivity index (χ1n) is 12.8. The molecular formula is C26H36Cl2N4O3S. The Labute approximate surface area is 229 Å². The third-order valence-electron chi connectivity index (χ3n) is 8.17. The average Bonchev–Trinajstić information content (AvgIpc) is 3.24. The Balaban J connectivity index is 0.00000152. The Morgan fingerprint density at radius 1 is 1.06 bits per heavy atom. The van der Waals surface area contributed by atoms with E-state index in [1.807, 2.05) is 30.3 Å². The molecule has 4 aliphatic carbocycles. The Morgan fingerprint density at radius 2 is 1.72 bits per heavy atom. The van der Waals surface area contributed by atoms with E-state index in [0.29, 0.717) is 29.2 Å². The standard InChI is InChI=1S/C26H34N4O3S.2ClH/c31-25(28-22-19-13-17-12-18(15-19)16-20(22)14-17)23-24(34-21-4-2-1-3-5-21)26(29-33-23)32-11-10-30-8-6-27-7-9-30;;/h1-5,17-20,22,27H,6-16H2,(H,28,31);2*1H. The first kappa shape index (κ1) is 27.6. The number of nitrogens with zero attached hydrogens (tertiary/aromatic N) is 2. The lowest BCUT2D eigenvalue weighted by Gasteiger charge is -2.54. The van der Waals surface area contributed by atoms with Crippen LogP contribution in [0.15, 0.2) is 44.6 Å². The number of ether oxygens (including phenoxy) is 1. The Kier molecular flexibility index (Phi) is 9.50. The van der Waals surface area contributed by atoms with Gasteiger partial charge in [-0.3, -0.25) is 9.69 Å². The van der Waals surface area contributed by atoms with Crippen molar-refractivity contribution in [1.82, 2.24) is 20.7 Å². The smallest absolute Gasteiger partial charge is 0.291 e. The molecule has 2 aromatic rings. The van der Waals surface area contributed by atoms with Crippen molar-refractivity contribution in [3.05, 3.63) is 36.1 Å². The van der Waals surface area contributed by atoms with E-state index in [1.54, 1.807) is 0 Å². The molecule has 0 unspecified atom stereocenters. The molecule has 7 rings (SSSR count). The fourth-order valence-corrected chi connectivity index (χ4v) is 7.72. The normalized spacial score (nSPS) is 28.7. The van der Waals surface area contributed by atoms with Crippen LogP contribution in [0.2, 0.25) is 0 Å². The van der Waals surface area contributed by atoms with Gasteiger partial charge in [-0.1, -0.05) is 30.0 Å². The molecule has 1 aliphatic heterocycles. The maximum Gasteiger partial charge on any atom is 0.291 e. The Hall–Kier alpha value is -1.45. The molecule has 2 heterocycles. The third-order valence-corrected chi connectivity index (χ3v) is 9.24. The number of piperazine rings is 1. The van der Waals surface area contributed by atoms with Gasteiger partial charge in [0.05, 0.1) is 0 Å². The first-order valence-corrected chi connectivity index (χ1v) is 13.6.